The third-order valence-corrected chi connectivity index (χ3v) is 4.43. The predicted octanol–water partition coefficient (Wildman–Crippen LogP) is 5.45. The lowest BCUT2D eigenvalue weighted by Gasteiger charge is -2.21. The second kappa shape index (κ2) is 3.63. The van der Waals surface area contributed by atoms with Crippen LogP contribution >= 0.6 is 23.2 Å². The molecule has 0 nitrogen and oxygen atoms in total. The first-order valence-corrected chi connectivity index (χ1v) is 6.68. The van der Waals surface area contributed by atoms with Gasteiger partial charge >= 0.3 is 0 Å². The zero-order valence-electron chi connectivity index (χ0n) is 9.93. The first-order chi connectivity index (χ1) is 8.00. The maximum Gasteiger partial charge on any atom is 0.0597 e. The zero-order valence-corrected chi connectivity index (χ0v) is 11.4. The van der Waals surface area contributed by atoms with Gasteiger partial charge < -0.3 is 0 Å². The molecule has 88 valence electrons. The van der Waals surface area contributed by atoms with Crippen molar-refractivity contribution in [2.24, 2.45) is 0 Å². The summed E-state index contributed by atoms with van der Waals surface area (Å²) in [7, 11) is 0. The van der Waals surface area contributed by atoms with Gasteiger partial charge in [-0.25, -0.2) is 0 Å². The van der Waals surface area contributed by atoms with Crippen molar-refractivity contribution in [3.63, 3.8) is 0 Å². The third kappa shape index (κ3) is 1.58. The minimum Gasteiger partial charge on any atom is -0.118 e. The summed E-state index contributed by atoms with van der Waals surface area (Å²) in [6, 6.07) is 10.4. The van der Waals surface area contributed by atoms with E-state index in [2.05, 4.69) is 32.0 Å². The summed E-state index contributed by atoms with van der Waals surface area (Å²) in [5, 5.41) is 3.28. The van der Waals surface area contributed by atoms with Crippen LogP contribution in [0.5, 0.6) is 0 Å². The van der Waals surface area contributed by atoms with Gasteiger partial charge in [0.15, 0.2) is 0 Å². The molecule has 1 unspecified atom stereocenters. The van der Waals surface area contributed by atoms with Crippen molar-refractivity contribution < 1.29 is 0 Å². The molecule has 1 atom stereocenters. The maximum absolute atomic E-state index is 6.44. The lowest BCUT2D eigenvalue weighted by molar-refractivity contribution is 0.520. The molecule has 0 bridgehead atoms. The summed E-state index contributed by atoms with van der Waals surface area (Å²) >= 11 is 12.8. The van der Waals surface area contributed by atoms with Gasteiger partial charge in [-0.05, 0) is 34.4 Å². The monoisotopic (exact) mass is 264 g/mol. The average Bonchev–Trinajstić information content (AvgIpc) is 2.49. The van der Waals surface area contributed by atoms with Crippen molar-refractivity contribution in [1.82, 2.24) is 0 Å². The van der Waals surface area contributed by atoms with E-state index in [-0.39, 0.29) is 10.8 Å². The van der Waals surface area contributed by atoms with Crippen molar-refractivity contribution >= 4 is 34.0 Å². The van der Waals surface area contributed by atoms with Crippen molar-refractivity contribution in [2.45, 2.75) is 31.1 Å². The fourth-order valence-electron chi connectivity index (χ4n) is 3.01. The van der Waals surface area contributed by atoms with Crippen LogP contribution in [0.15, 0.2) is 30.3 Å². The molecular weight excluding hydrogens is 251 g/mol. The molecule has 0 N–H and O–H groups in total. The van der Waals surface area contributed by atoms with E-state index < -0.39 is 0 Å². The number of hydrogen-bond acceptors (Lipinski definition) is 0. The van der Waals surface area contributed by atoms with Crippen LogP contribution in [0.3, 0.4) is 0 Å². The Bertz CT molecular complexity index is 599. The Hall–Kier alpha value is -0.720. The van der Waals surface area contributed by atoms with E-state index in [0.29, 0.717) is 0 Å². The summed E-state index contributed by atoms with van der Waals surface area (Å²) < 4.78 is 0. The van der Waals surface area contributed by atoms with E-state index in [1.54, 1.807) is 0 Å². The summed E-state index contributed by atoms with van der Waals surface area (Å²) in [5.74, 6) is 0. The Morgan fingerprint density at radius 1 is 1.18 bits per heavy atom. The van der Waals surface area contributed by atoms with Gasteiger partial charge in [0.1, 0.15) is 0 Å². The Morgan fingerprint density at radius 3 is 2.53 bits per heavy atom. The molecule has 2 heteroatoms. The SMILES string of the molecule is CC1(C)CC(Cl)c2cc(Cl)c3ccccc3c21. The number of halogens is 2. The van der Waals surface area contributed by atoms with Crippen molar-refractivity contribution in [3.05, 3.63) is 46.5 Å². The van der Waals surface area contributed by atoms with Crippen LogP contribution in [-0.4, -0.2) is 0 Å². The Kier molecular flexibility index (Phi) is 2.43. The average molecular weight is 265 g/mol. The highest BCUT2D eigenvalue weighted by Crippen LogP contribution is 2.51. The van der Waals surface area contributed by atoms with Crippen LogP contribution < -0.4 is 0 Å². The van der Waals surface area contributed by atoms with Crippen LogP contribution in [-0.2, 0) is 5.41 Å². The number of hydrogen-bond donors (Lipinski definition) is 0. The van der Waals surface area contributed by atoms with Gasteiger partial charge in [0.05, 0.1) is 5.38 Å². The molecule has 0 saturated carbocycles. The molecule has 3 rings (SSSR count). The summed E-state index contributed by atoms with van der Waals surface area (Å²) in [6.45, 7) is 4.52. The maximum atomic E-state index is 6.44. The number of benzene rings is 2. The second-order valence-corrected chi connectivity index (χ2v) is 6.36. The molecule has 17 heavy (non-hydrogen) atoms. The van der Waals surface area contributed by atoms with E-state index in [1.165, 1.54) is 16.5 Å². The standard InChI is InChI=1S/C15H14Cl2/c1-15(2)8-13(17)11-7-12(16)9-5-3-4-6-10(9)14(11)15/h3-7,13H,8H2,1-2H3. The molecule has 0 spiro atoms. The first-order valence-electron chi connectivity index (χ1n) is 5.86. The lowest BCUT2D eigenvalue weighted by Crippen LogP contribution is -2.12. The van der Waals surface area contributed by atoms with E-state index in [1.807, 2.05) is 12.1 Å². The highest BCUT2D eigenvalue weighted by molar-refractivity contribution is 6.36. The topological polar surface area (TPSA) is 0 Å². The molecule has 0 aromatic heterocycles. The Morgan fingerprint density at radius 2 is 1.82 bits per heavy atom. The number of rotatable bonds is 0. The van der Waals surface area contributed by atoms with Gasteiger partial charge in [-0.2, -0.15) is 0 Å². The normalized spacial score (nSPS) is 21.8. The number of alkyl halides is 1. The molecule has 0 fully saturated rings. The van der Waals surface area contributed by atoms with Crippen LogP contribution in [0.4, 0.5) is 0 Å². The molecular formula is C15H14Cl2. The molecule has 0 amide bonds. The van der Waals surface area contributed by atoms with Crippen LogP contribution in [0.25, 0.3) is 10.8 Å². The molecule has 1 aliphatic carbocycles. The molecule has 0 radical (unpaired) electrons. The van der Waals surface area contributed by atoms with Gasteiger partial charge in [-0.15, -0.1) is 11.6 Å². The summed E-state index contributed by atoms with van der Waals surface area (Å²) in [4.78, 5) is 0. The lowest BCUT2D eigenvalue weighted by atomic mass is 9.83. The minimum absolute atomic E-state index is 0.0853. The molecule has 0 heterocycles. The van der Waals surface area contributed by atoms with Gasteiger partial charge in [0.2, 0.25) is 0 Å². The Balaban J connectivity index is 2.47. The van der Waals surface area contributed by atoms with Gasteiger partial charge in [0, 0.05) is 10.4 Å². The van der Waals surface area contributed by atoms with Gasteiger partial charge in [-0.3, -0.25) is 0 Å². The van der Waals surface area contributed by atoms with E-state index in [0.717, 1.165) is 16.8 Å². The van der Waals surface area contributed by atoms with E-state index >= 15 is 0 Å². The van der Waals surface area contributed by atoms with E-state index in [4.69, 9.17) is 23.2 Å². The summed E-state index contributed by atoms with van der Waals surface area (Å²) in [6.07, 6.45) is 0.980. The Labute approximate surface area is 112 Å². The van der Waals surface area contributed by atoms with Crippen LogP contribution in [0.1, 0.15) is 36.8 Å². The number of fused-ring (bicyclic) bond motifs is 3. The second-order valence-electron chi connectivity index (χ2n) is 5.42. The zero-order chi connectivity index (χ0) is 12.2. The molecule has 0 saturated heterocycles. The van der Waals surface area contributed by atoms with Gasteiger partial charge in [0.25, 0.3) is 0 Å². The third-order valence-electron chi connectivity index (χ3n) is 3.73. The van der Waals surface area contributed by atoms with Crippen molar-refractivity contribution in [1.29, 1.82) is 0 Å². The van der Waals surface area contributed by atoms with Gasteiger partial charge in [-0.1, -0.05) is 49.7 Å². The van der Waals surface area contributed by atoms with Crippen LogP contribution in [0.2, 0.25) is 5.02 Å². The quantitative estimate of drug-likeness (QED) is 0.555. The fraction of sp³-hybridized carbons (Fsp3) is 0.333. The van der Waals surface area contributed by atoms with Crippen molar-refractivity contribution in [2.75, 3.05) is 0 Å². The van der Waals surface area contributed by atoms with Crippen molar-refractivity contribution in [3.8, 4) is 0 Å². The smallest absolute Gasteiger partial charge is 0.0597 e. The molecule has 2 aromatic carbocycles. The summed E-state index contributed by atoms with van der Waals surface area (Å²) in [5.41, 5.74) is 2.71. The highest BCUT2D eigenvalue weighted by Gasteiger charge is 2.37. The minimum atomic E-state index is 0.0853. The van der Waals surface area contributed by atoms with E-state index in [9.17, 15) is 0 Å². The largest absolute Gasteiger partial charge is 0.118 e. The molecule has 0 aliphatic heterocycles. The highest BCUT2D eigenvalue weighted by atomic mass is 35.5. The molecule has 2 aromatic rings. The first kappa shape index (κ1) is 11.4. The van der Waals surface area contributed by atoms with Crippen LogP contribution in [0, 0.1) is 0 Å². The predicted molar refractivity (Wildman–Crippen MR) is 75.2 cm³/mol. The molecule has 1 aliphatic rings. The fourth-order valence-corrected chi connectivity index (χ4v) is 3.85.